The van der Waals surface area contributed by atoms with Crippen LogP contribution in [-0.2, 0) is 11.2 Å². The zero-order chi connectivity index (χ0) is 13.1. The molecule has 0 aromatic carbocycles. The molecular formula is C11H13NO6. The molecule has 1 atom stereocenters. The predicted octanol–water partition coefficient (Wildman–Crippen LogP) is 1.18. The zero-order valence-corrected chi connectivity index (χ0v) is 9.59. The number of nitrogens with zero attached hydrogens (tertiary/aromatic N) is 1. The Hall–Kier alpha value is -1.89. The van der Waals surface area contributed by atoms with Crippen LogP contribution in [-0.4, -0.2) is 39.8 Å². The van der Waals surface area contributed by atoms with Crippen molar-refractivity contribution in [3.8, 4) is 0 Å². The summed E-state index contributed by atoms with van der Waals surface area (Å²) in [5.74, 6) is -3.38. The summed E-state index contributed by atoms with van der Waals surface area (Å²) in [5, 5.41) is 17.6. The van der Waals surface area contributed by atoms with E-state index in [1.165, 1.54) is 0 Å². The van der Waals surface area contributed by atoms with E-state index in [-0.39, 0.29) is 12.0 Å². The lowest BCUT2D eigenvalue weighted by molar-refractivity contribution is 0.0128. The van der Waals surface area contributed by atoms with Gasteiger partial charge in [-0.2, -0.15) is 0 Å². The van der Waals surface area contributed by atoms with E-state index in [1.807, 2.05) is 0 Å². The minimum atomic E-state index is -1.43. The fourth-order valence-corrected chi connectivity index (χ4v) is 1.90. The first kappa shape index (κ1) is 12.6. The van der Waals surface area contributed by atoms with E-state index in [1.54, 1.807) is 0 Å². The van der Waals surface area contributed by atoms with E-state index < -0.39 is 23.4 Å². The molecule has 1 saturated heterocycles. The summed E-state index contributed by atoms with van der Waals surface area (Å²) in [7, 11) is 0. The van der Waals surface area contributed by atoms with Crippen molar-refractivity contribution in [2.75, 3.05) is 6.61 Å². The summed E-state index contributed by atoms with van der Waals surface area (Å²) in [5.41, 5.74) is -0.562. The van der Waals surface area contributed by atoms with Gasteiger partial charge in [-0.25, -0.2) is 14.6 Å². The monoisotopic (exact) mass is 255 g/mol. The summed E-state index contributed by atoms with van der Waals surface area (Å²) in [6.45, 7) is 0.656. The molecule has 0 bridgehead atoms. The third-order valence-corrected chi connectivity index (χ3v) is 2.74. The lowest BCUT2D eigenvalue weighted by atomic mass is 10.1. The molecule has 1 aliphatic heterocycles. The van der Waals surface area contributed by atoms with Crippen molar-refractivity contribution in [2.24, 2.45) is 0 Å². The number of carboxylic acid groups (broad SMARTS) is 2. The molecule has 0 amide bonds. The second-order valence-corrected chi connectivity index (χ2v) is 4.09. The maximum Gasteiger partial charge on any atom is 0.374 e. The molecule has 0 aliphatic carbocycles. The van der Waals surface area contributed by atoms with Crippen molar-refractivity contribution in [3.05, 3.63) is 17.3 Å². The van der Waals surface area contributed by atoms with E-state index in [0.717, 1.165) is 19.3 Å². The van der Waals surface area contributed by atoms with Crippen LogP contribution in [0, 0.1) is 0 Å². The Labute approximate surface area is 102 Å². The van der Waals surface area contributed by atoms with E-state index in [0.29, 0.717) is 13.0 Å². The second-order valence-electron chi connectivity index (χ2n) is 4.09. The van der Waals surface area contributed by atoms with E-state index in [9.17, 15) is 9.59 Å². The van der Waals surface area contributed by atoms with Crippen LogP contribution < -0.4 is 0 Å². The van der Waals surface area contributed by atoms with Crippen LogP contribution in [0.15, 0.2) is 4.42 Å². The average Bonchev–Trinajstić information content (AvgIpc) is 2.74. The smallest absolute Gasteiger partial charge is 0.374 e. The van der Waals surface area contributed by atoms with E-state index in [4.69, 9.17) is 19.4 Å². The Balaban J connectivity index is 2.15. The molecular weight excluding hydrogens is 242 g/mol. The summed E-state index contributed by atoms with van der Waals surface area (Å²) >= 11 is 0. The molecule has 2 heterocycles. The maximum atomic E-state index is 10.8. The van der Waals surface area contributed by atoms with Crippen molar-refractivity contribution in [3.63, 3.8) is 0 Å². The highest BCUT2D eigenvalue weighted by Gasteiger charge is 2.26. The van der Waals surface area contributed by atoms with Gasteiger partial charge in [0.1, 0.15) is 0 Å². The fourth-order valence-electron chi connectivity index (χ4n) is 1.90. The van der Waals surface area contributed by atoms with Crippen molar-refractivity contribution in [2.45, 2.75) is 31.8 Å². The van der Waals surface area contributed by atoms with Gasteiger partial charge in [-0.05, 0) is 19.3 Å². The van der Waals surface area contributed by atoms with Crippen LogP contribution in [0.2, 0.25) is 0 Å². The van der Waals surface area contributed by atoms with Gasteiger partial charge in [-0.15, -0.1) is 0 Å². The summed E-state index contributed by atoms with van der Waals surface area (Å²) < 4.78 is 10.4. The molecule has 18 heavy (non-hydrogen) atoms. The highest BCUT2D eigenvalue weighted by Crippen LogP contribution is 2.19. The van der Waals surface area contributed by atoms with Gasteiger partial charge in [0.15, 0.2) is 5.89 Å². The molecule has 1 fully saturated rings. The zero-order valence-electron chi connectivity index (χ0n) is 9.59. The number of carboxylic acids is 2. The van der Waals surface area contributed by atoms with Crippen molar-refractivity contribution in [1.82, 2.24) is 4.98 Å². The van der Waals surface area contributed by atoms with Gasteiger partial charge < -0.3 is 19.4 Å². The fraction of sp³-hybridized carbons (Fsp3) is 0.545. The van der Waals surface area contributed by atoms with Gasteiger partial charge in [0.2, 0.25) is 11.5 Å². The number of ether oxygens (including phenoxy) is 1. The normalized spacial score (nSPS) is 19.7. The van der Waals surface area contributed by atoms with Gasteiger partial charge >= 0.3 is 11.9 Å². The van der Waals surface area contributed by atoms with Gasteiger partial charge in [0, 0.05) is 6.61 Å². The highest BCUT2D eigenvalue weighted by molar-refractivity contribution is 5.98. The first-order chi connectivity index (χ1) is 8.58. The molecule has 2 rings (SSSR count). The van der Waals surface area contributed by atoms with Gasteiger partial charge in [0.25, 0.3) is 0 Å². The van der Waals surface area contributed by atoms with Crippen LogP contribution in [0.5, 0.6) is 0 Å². The van der Waals surface area contributed by atoms with Crippen LogP contribution in [0.4, 0.5) is 0 Å². The molecule has 98 valence electrons. The molecule has 1 aliphatic rings. The number of aromatic nitrogens is 1. The molecule has 2 N–H and O–H groups in total. The Morgan fingerprint density at radius 3 is 2.56 bits per heavy atom. The van der Waals surface area contributed by atoms with Gasteiger partial charge in [-0.3, -0.25) is 0 Å². The average molecular weight is 255 g/mol. The molecule has 7 heteroatoms. The molecule has 1 aromatic rings. The van der Waals surface area contributed by atoms with Crippen molar-refractivity contribution < 1.29 is 29.0 Å². The number of carbonyl (C=O) groups is 2. The molecule has 0 spiro atoms. The second kappa shape index (κ2) is 5.18. The van der Waals surface area contributed by atoms with Crippen molar-refractivity contribution in [1.29, 1.82) is 0 Å². The van der Waals surface area contributed by atoms with Crippen LogP contribution in [0.3, 0.4) is 0 Å². The first-order valence-electron chi connectivity index (χ1n) is 5.66. The molecule has 0 radical (unpaired) electrons. The Bertz CT molecular complexity index is 429. The summed E-state index contributed by atoms with van der Waals surface area (Å²) in [6.07, 6.45) is 3.09. The van der Waals surface area contributed by atoms with Crippen LogP contribution in [0.25, 0.3) is 0 Å². The third kappa shape index (κ3) is 2.67. The highest BCUT2D eigenvalue weighted by atomic mass is 16.5. The van der Waals surface area contributed by atoms with Crippen molar-refractivity contribution >= 4 is 11.9 Å². The Kier molecular flexibility index (Phi) is 3.61. The van der Waals surface area contributed by atoms with Crippen LogP contribution in [0.1, 0.15) is 46.2 Å². The summed E-state index contributed by atoms with van der Waals surface area (Å²) in [6, 6.07) is 0. The number of hydrogen-bond acceptors (Lipinski definition) is 5. The standard InChI is InChI=1S/C11H13NO6/c13-10(14)8-9(11(15)16)18-7(12-8)5-6-3-1-2-4-17-6/h6H,1-5H2,(H,13,14)(H,15,16). The molecule has 0 saturated carbocycles. The predicted molar refractivity (Wildman–Crippen MR) is 57.7 cm³/mol. The minimum absolute atomic E-state index is 0.0827. The Morgan fingerprint density at radius 1 is 1.28 bits per heavy atom. The topological polar surface area (TPSA) is 110 Å². The van der Waals surface area contributed by atoms with E-state index in [2.05, 4.69) is 4.98 Å². The maximum absolute atomic E-state index is 10.8. The summed E-state index contributed by atoms with van der Waals surface area (Å²) in [4.78, 5) is 25.3. The molecule has 1 unspecified atom stereocenters. The lowest BCUT2D eigenvalue weighted by Crippen LogP contribution is -2.21. The SMILES string of the molecule is O=C(O)c1nc(CC2CCCCO2)oc1C(=O)O. The van der Waals surface area contributed by atoms with E-state index >= 15 is 0 Å². The van der Waals surface area contributed by atoms with Gasteiger partial charge in [0.05, 0.1) is 12.5 Å². The molecule has 7 nitrogen and oxygen atoms in total. The first-order valence-corrected chi connectivity index (χ1v) is 5.66. The number of hydrogen-bond donors (Lipinski definition) is 2. The minimum Gasteiger partial charge on any atom is -0.476 e. The molecule has 1 aromatic heterocycles. The lowest BCUT2D eigenvalue weighted by Gasteiger charge is -2.20. The third-order valence-electron chi connectivity index (χ3n) is 2.74. The number of oxazole rings is 1. The number of rotatable bonds is 4. The number of aromatic carboxylic acids is 2. The largest absolute Gasteiger partial charge is 0.476 e. The Morgan fingerprint density at radius 2 is 2.06 bits per heavy atom. The van der Waals surface area contributed by atoms with Crippen LogP contribution >= 0.6 is 0 Å². The quantitative estimate of drug-likeness (QED) is 0.831. The van der Waals surface area contributed by atoms with Gasteiger partial charge in [-0.1, -0.05) is 0 Å².